The number of piperazine rings is 1. The monoisotopic (exact) mass is 168 g/mol. The molecule has 2 amide bonds. The third-order valence-electron chi connectivity index (χ3n) is 2.67. The fourth-order valence-corrected chi connectivity index (χ4v) is 1.77. The molecule has 0 aromatic rings. The summed E-state index contributed by atoms with van der Waals surface area (Å²) < 4.78 is 0. The maximum atomic E-state index is 11.3. The molecule has 0 N–H and O–H groups in total. The van der Waals surface area contributed by atoms with Crippen LogP contribution in [0, 0.1) is 0 Å². The zero-order chi connectivity index (χ0) is 8.72. The van der Waals surface area contributed by atoms with Crippen LogP contribution in [-0.4, -0.2) is 47.3 Å². The van der Waals surface area contributed by atoms with E-state index in [0.29, 0.717) is 6.04 Å². The third kappa shape index (κ3) is 0.983. The first-order valence-corrected chi connectivity index (χ1v) is 4.23. The average Bonchev–Trinajstić information content (AvgIpc) is 1.92. The number of rotatable bonds is 0. The van der Waals surface area contributed by atoms with E-state index in [0.717, 1.165) is 19.5 Å². The molecule has 0 unspecified atom stereocenters. The Morgan fingerprint density at radius 3 is 2.75 bits per heavy atom. The van der Waals surface area contributed by atoms with Gasteiger partial charge in [0, 0.05) is 20.0 Å². The van der Waals surface area contributed by atoms with Crippen LogP contribution in [0.2, 0.25) is 0 Å². The number of nitrogens with zero attached hydrogens (tertiary/aromatic N) is 2. The minimum Gasteiger partial charge on any atom is -0.336 e. The minimum atomic E-state index is 0.00917. The van der Waals surface area contributed by atoms with Crippen molar-refractivity contribution < 1.29 is 9.59 Å². The Labute approximate surface area is 71.1 Å². The van der Waals surface area contributed by atoms with E-state index in [9.17, 15) is 9.59 Å². The number of fused-ring (bicyclic) bond motifs is 1. The van der Waals surface area contributed by atoms with Gasteiger partial charge in [0.2, 0.25) is 11.8 Å². The lowest BCUT2D eigenvalue weighted by Gasteiger charge is -2.47. The molecule has 2 aliphatic rings. The second kappa shape index (κ2) is 2.47. The Hall–Kier alpha value is -1.06. The molecular formula is C8H12N2O2. The molecule has 12 heavy (non-hydrogen) atoms. The Morgan fingerprint density at radius 2 is 2.33 bits per heavy atom. The first-order valence-electron chi connectivity index (χ1n) is 4.23. The van der Waals surface area contributed by atoms with E-state index in [1.807, 2.05) is 4.90 Å². The van der Waals surface area contributed by atoms with Gasteiger partial charge in [-0.3, -0.25) is 9.59 Å². The molecule has 2 fully saturated rings. The van der Waals surface area contributed by atoms with Crippen molar-refractivity contribution in [3.63, 3.8) is 0 Å². The van der Waals surface area contributed by atoms with Crippen LogP contribution in [0.3, 0.4) is 0 Å². The van der Waals surface area contributed by atoms with Gasteiger partial charge in [-0.1, -0.05) is 0 Å². The Kier molecular flexibility index (Phi) is 1.56. The van der Waals surface area contributed by atoms with Crippen molar-refractivity contribution in [2.75, 3.05) is 19.6 Å². The third-order valence-corrected chi connectivity index (χ3v) is 2.67. The molecule has 66 valence electrons. The van der Waals surface area contributed by atoms with Crippen molar-refractivity contribution in [2.45, 2.75) is 19.4 Å². The second-order valence-electron chi connectivity index (χ2n) is 3.43. The molecule has 0 aromatic heterocycles. The molecule has 0 saturated carbocycles. The van der Waals surface area contributed by atoms with Crippen LogP contribution in [0.5, 0.6) is 0 Å². The maximum Gasteiger partial charge on any atom is 0.242 e. The van der Waals surface area contributed by atoms with Crippen molar-refractivity contribution >= 4 is 11.8 Å². The van der Waals surface area contributed by atoms with E-state index in [4.69, 9.17) is 0 Å². The predicted molar refractivity (Wildman–Crippen MR) is 42.4 cm³/mol. The van der Waals surface area contributed by atoms with E-state index < -0.39 is 0 Å². The van der Waals surface area contributed by atoms with Gasteiger partial charge in [-0.05, 0) is 6.42 Å². The van der Waals surface area contributed by atoms with Gasteiger partial charge in [0.25, 0.3) is 0 Å². The summed E-state index contributed by atoms with van der Waals surface area (Å²) in [6.07, 6.45) is 1.05. The maximum absolute atomic E-state index is 11.3. The molecule has 0 spiro atoms. The highest BCUT2D eigenvalue weighted by molar-refractivity contribution is 5.86. The van der Waals surface area contributed by atoms with E-state index in [1.54, 1.807) is 4.90 Å². The van der Waals surface area contributed by atoms with Crippen molar-refractivity contribution in [3.8, 4) is 0 Å². The van der Waals surface area contributed by atoms with Crippen LogP contribution < -0.4 is 0 Å². The standard InChI is InChI=1S/C8H12N2O2/c1-6(11)9-4-7-2-3-10(7)8(12)5-9/h7H,2-5H2,1H3/t7-/m1/s1. The zero-order valence-electron chi connectivity index (χ0n) is 7.12. The smallest absolute Gasteiger partial charge is 0.242 e. The minimum absolute atomic E-state index is 0.00917. The van der Waals surface area contributed by atoms with E-state index in [-0.39, 0.29) is 18.4 Å². The van der Waals surface area contributed by atoms with Crippen LogP contribution in [0.25, 0.3) is 0 Å². The summed E-state index contributed by atoms with van der Waals surface area (Å²) in [7, 11) is 0. The fourth-order valence-electron chi connectivity index (χ4n) is 1.77. The summed E-state index contributed by atoms with van der Waals surface area (Å²) in [5.41, 5.74) is 0. The molecule has 4 nitrogen and oxygen atoms in total. The summed E-state index contributed by atoms with van der Waals surface area (Å²) in [6, 6.07) is 0.315. The molecule has 2 heterocycles. The van der Waals surface area contributed by atoms with Crippen molar-refractivity contribution in [3.05, 3.63) is 0 Å². The second-order valence-corrected chi connectivity index (χ2v) is 3.43. The van der Waals surface area contributed by atoms with Crippen molar-refractivity contribution in [1.29, 1.82) is 0 Å². The van der Waals surface area contributed by atoms with Crippen LogP contribution in [0.15, 0.2) is 0 Å². The van der Waals surface area contributed by atoms with Crippen molar-refractivity contribution in [2.24, 2.45) is 0 Å². The molecule has 0 aromatic carbocycles. The number of carbonyl (C=O) groups excluding carboxylic acids is 2. The fraction of sp³-hybridized carbons (Fsp3) is 0.750. The number of hydrogen-bond acceptors (Lipinski definition) is 2. The van der Waals surface area contributed by atoms with Crippen molar-refractivity contribution in [1.82, 2.24) is 9.80 Å². The molecule has 2 rings (SSSR count). The average molecular weight is 168 g/mol. The first kappa shape index (κ1) is 7.58. The van der Waals surface area contributed by atoms with E-state index in [2.05, 4.69) is 0 Å². The quantitative estimate of drug-likeness (QED) is 0.487. The lowest BCUT2D eigenvalue weighted by molar-refractivity contribution is -0.153. The summed E-state index contributed by atoms with van der Waals surface area (Å²) in [6.45, 7) is 3.42. The van der Waals surface area contributed by atoms with E-state index in [1.165, 1.54) is 6.92 Å². The lowest BCUT2D eigenvalue weighted by Crippen LogP contribution is -2.63. The van der Waals surface area contributed by atoms with Crippen LogP contribution >= 0.6 is 0 Å². The summed E-state index contributed by atoms with van der Waals surface area (Å²) in [5, 5.41) is 0. The highest BCUT2D eigenvalue weighted by atomic mass is 16.2. The van der Waals surface area contributed by atoms with E-state index >= 15 is 0 Å². The van der Waals surface area contributed by atoms with Crippen LogP contribution in [-0.2, 0) is 9.59 Å². The van der Waals surface area contributed by atoms with Crippen LogP contribution in [0.4, 0.5) is 0 Å². The molecule has 2 aliphatic heterocycles. The van der Waals surface area contributed by atoms with Gasteiger partial charge in [0.15, 0.2) is 0 Å². The molecule has 4 heteroatoms. The Morgan fingerprint density at radius 1 is 1.58 bits per heavy atom. The molecule has 0 aliphatic carbocycles. The predicted octanol–water partition coefficient (Wildman–Crippen LogP) is -0.551. The summed E-state index contributed by atoms with van der Waals surface area (Å²) >= 11 is 0. The van der Waals surface area contributed by atoms with Gasteiger partial charge in [-0.25, -0.2) is 0 Å². The summed E-state index contributed by atoms with van der Waals surface area (Å²) in [4.78, 5) is 25.8. The van der Waals surface area contributed by atoms with Gasteiger partial charge >= 0.3 is 0 Å². The largest absolute Gasteiger partial charge is 0.336 e. The van der Waals surface area contributed by atoms with Gasteiger partial charge in [0.05, 0.1) is 12.6 Å². The highest BCUT2D eigenvalue weighted by Gasteiger charge is 2.38. The Balaban J connectivity index is 2.05. The zero-order valence-corrected chi connectivity index (χ0v) is 7.12. The van der Waals surface area contributed by atoms with Gasteiger partial charge in [0.1, 0.15) is 0 Å². The normalized spacial score (nSPS) is 28.1. The topological polar surface area (TPSA) is 40.6 Å². The SMILES string of the molecule is CC(=O)N1CC(=O)N2CC[C@@H]2C1. The molecule has 0 radical (unpaired) electrons. The van der Waals surface area contributed by atoms with Crippen LogP contribution in [0.1, 0.15) is 13.3 Å². The number of carbonyl (C=O) groups is 2. The number of hydrogen-bond donors (Lipinski definition) is 0. The molecular weight excluding hydrogens is 156 g/mol. The molecule has 1 atom stereocenters. The lowest BCUT2D eigenvalue weighted by atomic mass is 9.99. The van der Waals surface area contributed by atoms with Gasteiger partial charge in [-0.15, -0.1) is 0 Å². The highest BCUT2D eigenvalue weighted by Crippen LogP contribution is 2.22. The molecule has 0 bridgehead atoms. The Bertz CT molecular complexity index is 239. The first-order chi connectivity index (χ1) is 5.68. The molecule has 2 saturated heterocycles. The van der Waals surface area contributed by atoms with Gasteiger partial charge in [-0.2, -0.15) is 0 Å². The number of amides is 2. The summed E-state index contributed by atoms with van der Waals surface area (Å²) in [5.74, 6) is 0.114. The van der Waals surface area contributed by atoms with Gasteiger partial charge < -0.3 is 9.80 Å².